The van der Waals surface area contributed by atoms with Crippen molar-refractivity contribution in [1.29, 1.82) is 0 Å². The summed E-state index contributed by atoms with van der Waals surface area (Å²) in [7, 11) is 3.63. The molecule has 23 heavy (non-hydrogen) atoms. The fourth-order valence-electron chi connectivity index (χ4n) is 1.60. The topological polar surface area (TPSA) is 95.9 Å². The highest BCUT2D eigenvalue weighted by atomic mass is 32.2. The molecule has 0 atom stereocenters. The van der Waals surface area contributed by atoms with Gasteiger partial charge in [-0.05, 0) is 19.4 Å². The number of aliphatic hydroxyl groups is 1. The van der Waals surface area contributed by atoms with Crippen LogP contribution in [0.5, 0.6) is 0 Å². The van der Waals surface area contributed by atoms with Crippen molar-refractivity contribution in [2.75, 3.05) is 37.2 Å². The van der Waals surface area contributed by atoms with Crippen LogP contribution in [0.4, 0.5) is 11.6 Å². The molecule has 0 bridgehead atoms. The molecule has 0 aromatic carbocycles. The van der Waals surface area contributed by atoms with Crippen molar-refractivity contribution in [3.63, 3.8) is 0 Å². The Morgan fingerprint density at radius 1 is 0.957 bits per heavy atom. The van der Waals surface area contributed by atoms with E-state index in [0.717, 1.165) is 22.1 Å². The van der Waals surface area contributed by atoms with Gasteiger partial charge in [-0.25, -0.2) is 19.9 Å². The Kier molecular flexibility index (Phi) is 8.67. The highest BCUT2D eigenvalue weighted by molar-refractivity contribution is 7.98. The van der Waals surface area contributed by atoms with Crippen molar-refractivity contribution in [3.05, 3.63) is 23.5 Å². The maximum Gasteiger partial charge on any atom is 0.189 e. The molecule has 7 nitrogen and oxygen atoms in total. The van der Waals surface area contributed by atoms with Gasteiger partial charge in [-0.2, -0.15) is 0 Å². The molecule has 0 saturated carbocycles. The van der Waals surface area contributed by atoms with Crippen LogP contribution in [0, 0.1) is 6.92 Å². The van der Waals surface area contributed by atoms with Crippen LogP contribution in [0.1, 0.15) is 11.1 Å². The lowest BCUT2D eigenvalue weighted by Gasteiger charge is -2.05. The number of thioether (sulfide) groups is 2. The van der Waals surface area contributed by atoms with Crippen LogP contribution in [-0.4, -0.2) is 51.6 Å². The van der Waals surface area contributed by atoms with E-state index in [-0.39, 0.29) is 6.61 Å². The first kappa shape index (κ1) is 19.5. The molecule has 0 amide bonds. The first-order chi connectivity index (χ1) is 11.1. The molecular formula is C14H22N6OS2. The molecule has 2 heterocycles. The Labute approximate surface area is 145 Å². The van der Waals surface area contributed by atoms with Gasteiger partial charge >= 0.3 is 0 Å². The van der Waals surface area contributed by atoms with Crippen molar-refractivity contribution >= 4 is 35.2 Å². The van der Waals surface area contributed by atoms with E-state index in [1.54, 1.807) is 25.0 Å². The molecule has 0 aliphatic heterocycles. The Morgan fingerprint density at radius 3 is 1.96 bits per heavy atom. The molecule has 3 N–H and O–H groups in total. The molecule has 0 saturated heterocycles. The standard InChI is InChI=1S/C7H11N3OS.C7H11N3S/c1-8-6-5(4-11)3-9-7(10-6)12-2;1-5-4-9-7(11-3)10-6(5)8-2/h3,11H,4H2,1-2H3,(H,8,9,10);4H,1-3H3,(H,8,9,10). The quantitative estimate of drug-likeness (QED) is 0.552. The third-order valence-corrected chi connectivity index (χ3v) is 3.92. The molecule has 0 spiro atoms. The summed E-state index contributed by atoms with van der Waals surface area (Å²) in [6.45, 7) is 1.95. The van der Waals surface area contributed by atoms with Gasteiger partial charge < -0.3 is 15.7 Å². The van der Waals surface area contributed by atoms with E-state index >= 15 is 0 Å². The van der Waals surface area contributed by atoms with Gasteiger partial charge in [-0.1, -0.05) is 23.5 Å². The number of aliphatic hydroxyl groups excluding tert-OH is 1. The second-order valence-corrected chi connectivity index (χ2v) is 5.82. The lowest BCUT2D eigenvalue weighted by atomic mass is 10.3. The molecule has 2 aromatic rings. The normalized spacial score (nSPS) is 9.83. The molecular weight excluding hydrogens is 332 g/mol. The van der Waals surface area contributed by atoms with Crippen molar-refractivity contribution in [2.45, 2.75) is 23.8 Å². The predicted molar refractivity (Wildman–Crippen MR) is 97.4 cm³/mol. The lowest BCUT2D eigenvalue weighted by Crippen LogP contribution is -2.01. The van der Waals surface area contributed by atoms with E-state index in [2.05, 4.69) is 30.6 Å². The number of aryl methyl sites for hydroxylation is 1. The zero-order chi connectivity index (χ0) is 17.2. The highest BCUT2D eigenvalue weighted by Gasteiger charge is 2.03. The SMILES string of the molecule is CNc1nc(SC)ncc1C.CNc1nc(SC)ncc1CO. The Hall–Kier alpha value is -1.58. The minimum absolute atomic E-state index is 0.0369. The summed E-state index contributed by atoms with van der Waals surface area (Å²) < 4.78 is 0. The predicted octanol–water partition coefficient (Wildman–Crippen LogP) is 2.28. The number of hydrogen-bond acceptors (Lipinski definition) is 9. The van der Waals surface area contributed by atoms with Crippen molar-refractivity contribution < 1.29 is 5.11 Å². The molecule has 0 aliphatic rings. The Morgan fingerprint density at radius 2 is 1.48 bits per heavy atom. The highest BCUT2D eigenvalue weighted by Crippen LogP contribution is 2.15. The number of aromatic nitrogens is 4. The van der Waals surface area contributed by atoms with Crippen LogP contribution < -0.4 is 10.6 Å². The van der Waals surface area contributed by atoms with Gasteiger partial charge in [0.25, 0.3) is 0 Å². The smallest absolute Gasteiger partial charge is 0.189 e. The minimum Gasteiger partial charge on any atom is -0.391 e. The summed E-state index contributed by atoms with van der Waals surface area (Å²) in [5, 5.41) is 16.3. The van der Waals surface area contributed by atoms with E-state index < -0.39 is 0 Å². The van der Waals surface area contributed by atoms with Crippen molar-refractivity contribution in [2.24, 2.45) is 0 Å². The monoisotopic (exact) mass is 354 g/mol. The zero-order valence-electron chi connectivity index (χ0n) is 13.9. The summed E-state index contributed by atoms with van der Waals surface area (Å²) >= 11 is 3.02. The Bertz CT molecular complexity index is 626. The first-order valence-corrected chi connectivity index (χ1v) is 9.28. The maximum atomic E-state index is 8.89. The summed E-state index contributed by atoms with van der Waals surface area (Å²) in [5.74, 6) is 1.60. The van der Waals surface area contributed by atoms with Gasteiger partial charge in [-0.15, -0.1) is 0 Å². The third kappa shape index (κ3) is 5.85. The number of nitrogens with one attached hydrogen (secondary N) is 2. The largest absolute Gasteiger partial charge is 0.391 e. The molecule has 0 aliphatic carbocycles. The van der Waals surface area contributed by atoms with E-state index in [9.17, 15) is 0 Å². The zero-order valence-corrected chi connectivity index (χ0v) is 15.5. The summed E-state index contributed by atoms with van der Waals surface area (Å²) in [6.07, 6.45) is 7.33. The average molecular weight is 355 g/mol. The maximum absolute atomic E-state index is 8.89. The summed E-state index contributed by atoms with van der Waals surface area (Å²) in [4.78, 5) is 16.6. The molecule has 2 rings (SSSR count). The van der Waals surface area contributed by atoms with Gasteiger partial charge in [0, 0.05) is 37.6 Å². The number of hydrogen-bond donors (Lipinski definition) is 3. The molecule has 0 fully saturated rings. The van der Waals surface area contributed by atoms with Crippen LogP contribution in [0.15, 0.2) is 22.7 Å². The number of nitrogens with zero attached hydrogens (tertiary/aromatic N) is 4. The van der Waals surface area contributed by atoms with Crippen LogP contribution in [0.3, 0.4) is 0 Å². The van der Waals surface area contributed by atoms with Gasteiger partial charge in [-0.3, -0.25) is 0 Å². The van der Waals surface area contributed by atoms with E-state index in [0.29, 0.717) is 11.0 Å². The van der Waals surface area contributed by atoms with Crippen LogP contribution in [0.25, 0.3) is 0 Å². The first-order valence-electron chi connectivity index (χ1n) is 6.83. The van der Waals surface area contributed by atoms with E-state index in [4.69, 9.17) is 5.11 Å². The minimum atomic E-state index is -0.0369. The molecule has 0 radical (unpaired) electrons. The van der Waals surface area contributed by atoms with Gasteiger partial charge in [0.1, 0.15) is 11.6 Å². The molecule has 9 heteroatoms. The molecule has 0 unspecified atom stereocenters. The molecule has 126 valence electrons. The van der Waals surface area contributed by atoms with Gasteiger partial charge in [0.15, 0.2) is 10.3 Å². The fraction of sp³-hybridized carbons (Fsp3) is 0.429. The average Bonchev–Trinajstić information content (AvgIpc) is 2.62. The van der Waals surface area contributed by atoms with Gasteiger partial charge in [0.05, 0.1) is 6.61 Å². The Balaban J connectivity index is 0.000000231. The second-order valence-electron chi connectivity index (χ2n) is 4.28. The number of anilines is 2. The van der Waals surface area contributed by atoms with Crippen molar-refractivity contribution in [1.82, 2.24) is 19.9 Å². The van der Waals surface area contributed by atoms with Crippen molar-refractivity contribution in [3.8, 4) is 0 Å². The van der Waals surface area contributed by atoms with E-state index in [1.807, 2.05) is 32.7 Å². The third-order valence-electron chi connectivity index (χ3n) is 2.80. The summed E-state index contributed by atoms with van der Waals surface area (Å²) in [6, 6.07) is 0. The summed E-state index contributed by atoms with van der Waals surface area (Å²) in [5.41, 5.74) is 1.79. The van der Waals surface area contributed by atoms with Crippen LogP contribution in [-0.2, 0) is 6.61 Å². The van der Waals surface area contributed by atoms with E-state index in [1.165, 1.54) is 11.8 Å². The van der Waals surface area contributed by atoms with Gasteiger partial charge in [0.2, 0.25) is 0 Å². The second kappa shape index (κ2) is 10.2. The number of rotatable bonds is 5. The molecule has 2 aromatic heterocycles. The van der Waals surface area contributed by atoms with Crippen LogP contribution in [0.2, 0.25) is 0 Å². The fourth-order valence-corrected chi connectivity index (χ4v) is 2.28. The van der Waals surface area contributed by atoms with Crippen LogP contribution >= 0.6 is 23.5 Å². The lowest BCUT2D eigenvalue weighted by molar-refractivity contribution is 0.281.